The van der Waals surface area contributed by atoms with Gasteiger partial charge in [-0.25, -0.2) is 0 Å². The lowest BCUT2D eigenvalue weighted by Crippen LogP contribution is -2.39. The quantitative estimate of drug-likeness (QED) is 0.838. The SMILES string of the molecule is CNCc1ccccc1N1CCC(C(N)=O)CC1. The molecule has 1 aliphatic heterocycles. The summed E-state index contributed by atoms with van der Waals surface area (Å²) in [5, 5.41) is 3.19. The van der Waals surface area contributed by atoms with E-state index in [9.17, 15) is 4.79 Å². The Morgan fingerprint density at radius 1 is 1.39 bits per heavy atom. The van der Waals surface area contributed by atoms with E-state index in [0.717, 1.165) is 32.5 Å². The zero-order chi connectivity index (χ0) is 13.0. The van der Waals surface area contributed by atoms with Crippen LogP contribution in [0.2, 0.25) is 0 Å². The fourth-order valence-electron chi connectivity index (χ4n) is 2.56. The van der Waals surface area contributed by atoms with Crippen molar-refractivity contribution in [2.75, 3.05) is 25.0 Å². The first-order chi connectivity index (χ1) is 8.72. The summed E-state index contributed by atoms with van der Waals surface area (Å²) in [5.74, 6) is -0.101. The number of anilines is 1. The van der Waals surface area contributed by atoms with Crippen molar-refractivity contribution >= 4 is 11.6 Å². The van der Waals surface area contributed by atoms with Crippen LogP contribution in [0.3, 0.4) is 0 Å². The molecule has 0 bridgehead atoms. The first-order valence-corrected chi connectivity index (χ1v) is 6.49. The van der Waals surface area contributed by atoms with Gasteiger partial charge >= 0.3 is 0 Å². The Bertz CT molecular complexity index is 411. The summed E-state index contributed by atoms with van der Waals surface area (Å²) >= 11 is 0. The highest BCUT2D eigenvalue weighted by Gasteiger charge is 2.23. The van der Waals surface area contributed by atoms with Crippen molar-refractivity contribution in [1.29, 1.82) is 0 Å². The molecule has 0 atom stereocenters. The number of para-hydroxylation sites is 1. The van der Waals surface area contributed by atoms with Crippen molar-refractivity contribution in [2.24, 2.45) is 11.7 Å². The number of nitrogens with two attached hydrogens (primary N) is 1. The molecule has 1 heterocycles. The number of carbonyl (C=O) groups excluding carboxylic acids is 1. The second-order valence-corrected chi connectivity index (χ2v) is 4.82. The first-order valence-electron chi connectivity index (χ1n) is 6.49. The van der Waals surface area contributed by atoms with Crippen molar-refractivity contribution in [1.82, 2.24) is 5.32 Å². The van der Waals surface area contributed by atoms with Crippen LogP contribution >= 0.6 is 0 Å². The molecule has 1 aromatic rings. The maximum Gasteiger partial charge on any atom is 0.220 e. The Hall–Kier alpha value is -1.55. The number of amides is 1. The minimum atomic E-state index is -0.154. The fourth-order valence-corrected chi connectivity index (χ4v) is 2.56. The van der Waals surface area contributed by atoms with Crippen LogP contribution in [0.5, 0.6) is 0 Å². The summed E-state index contributed by atoms with van der Waals surface area (Å²) in [6.45, 7) is 2.69. The molecule has 0 saturated carbocycles. The van der Waals surface area contributed by atoms with Gasteiger partial charge in [0.05, 0.1) is 0 Å². The number of nitrogens with one attached hydrogen (secondary N) is 1. The maximum atomic E-state index is 11.2. The molecule has 3 N–H and O–H groups in total. The van der Waals surface area contributed by atoms with Gasteiger partial charge in [0.25, 0.3) is 0 Å². The summed E-state index contributed by atoms with van der Waals surface area (Å²) in [4.78, 5) is 13.5. The summed E-state index contributed by atoms with van der Waals surface area (Å²) in [6.07, 6.45) is 1.73. The minimum absolute atomic E-state index is 0.0534. The normalized spacial score (nSPS) is 16.8. The van der Waals surface area contributed by atoms with Gasteiger partial charge in [0.1, 0.15) is 0 Å². The van der Waals surface area contributed by atoms with Crippen LogP contribution in [0.25, 0.3) is 0 Å². The molecule has 1 aromatic carbocycles. The zero-order valence-corrected chi connectivity index (χ0v) is 10.9. The van der Waals surface area contributed by atoms with Gasteiger partial charge in [0.15, 0.2) is 0 Å². The molecule has 18 heavy (non-hydrogen) atoms. The predicted octanol–water partition coefficient (Wildman–Crippen LogP) is 1.11. The van der Waals surface area contributed by atoms with Crippen LogP contribution < -0.4 is 16.0 Å². The smallest absolute Gasteiger partial charge is 0.220 e. The molecule has 1 aliphatic rings. The van der Waals surface area contributed by atoms with Crippen LogP contribution in [0.4, 0.5) is 5.69 Å². The lowest BCUT2D eigenvalue weighted by molar-refractivity contribution is -0.122. The molecule has 0 spiro atoms. The number of hydrogen-bond acceptors (Lipinski definition) is 3. The molecule has 4 heteroatoms. The van der Waals surface area contributed by atoms with Gasteiger partial charge in [-0.05, 0) is 31.5 Å². The van der Waals surface area contributed by atoms with Crippen molar-refractivity contribution in [2.45, 2.75) is 19.4 Å². The maximum absolute atomic E-state index is 11.2. The van der Waals surface area contributed by atoms with Crippen LogP contribution in [0, 0.1) is 5.92 Å². The lowest BCUT2D eigenvalue weighted by atomic mass is 9.95. The van der Waals surface area contributed by atoms with Gasteiger partial charge in [-0.15, -0.1) is 0 Å². The van der Waals surface area contributed by atoms with E-state index >= 15 is 0 Å². The average Bonchev–Trinajstić information content (AvgIpc) is 2.40. The third-order valence-corrected chi connectivity index (χ3v) is 3.60. The molecule has 98 valence electrons. The highest BCUT2D eigenvalue weighted by Crippen LogP contribution is 2.26. The van der Waals surface area contributed by atoms with Gasteiger partial charge in [0, 0.05) is 31.2 Å². The molecule has 0 unspecified atom stereocenters. The molecule has 1 amide bonds. The third kappa shape index (κ3) is 2.82. The number of primary amides is 1. The highest BCUT2D eigenvalue weighted by molar-refractivity contribution is 5.77. The minimum Gasteiger partial charge on any atom is -0.371 e. The second-order valence-electron chi connectivity index (χ2n) is 4.82. The molecule has 2 rings (SSSR count). The molecule has 1 fully saturated rings. The molecule has 1 saturated heterocycles. The summed E-state index contributed by atoms with van der Waals surface area (Å²) in [5.41, 5.74) is 7.94. The molecule has 4 nitrogen and oxygen atoms in total. The molecule has 0 radical (unpaired) electrons. The Balaban J connectivity index is 2.07. The molecule has 0 aliphatic carbocycles. The third-order valence-electron chi connectivity index (χ3n) is 3.60. The lowest BCUT2D eigenvalue weighted by Gasteiger charge is -2.33. The zero-order valence-electron chi connectivity index (χ0n) is 10.9. The van der Waals surface area contributed by atoms with E-state index in [2.05, 4.69) is 34.5 Å². The van der Waals surface area contributed by atoms with E-state index in [1.807, 2.05) is 7.05 Å². The van der Waals surface area contributed by atoms with Gasteiger partial charge < -0.3 is 16.0 Å². The summed E-state index contributed by atoms with van der Waals surface area (Å²) in [7, 11) is 1.95. The fraction of sp³-hybridized carbons (Fsp3) is 0.500. The number of piperidine rings is 1. The monoisotopic (exact) mass is 247 g/mol. The Morgan fingerprint density at radius 2 is 2.06 bits per heavy atom. The van der Waals surface area contributed by atoms with E-state index in [1.165, 1.54) is 11.3 Å². The Labute approximate surface area is 108 Å². The Kier molecular flexibility index (Phi) is 4.20. The number of rotatable bonds is 4. The average molecular weight is 247 g/mol. The first kappa shape index (κ1) is 12.9. The van der Waals surface area contributed by atoms with Gasteiger partial charge in [-0.2, -0.15) is 0 Å². The van der Waals surface area contributed by atoms with Crippen LogP contribution in [-0.2, 0) is 11.3 Å². The van der Waals surface area contributed by atoms with Crippen molar-refractivity contribution in [3.63, 3.8) is 0 Å². The topological polar surface area (TPSA) is 58.4 Å². The van der Waals surface area contributed by atoms with E-state index in [-0.39, 0.29) is 11.8 Å². The highest BCUT2D eigenvalue weighted by atomic mass is 16.1. The molecular weight excluding hydrogens is 226 g/mol. The van der Waals surface area contributed by atoms with Gasteiger partial charge in [-0.3, -0.25) is 4.79 Å². The van der Waals surface area contributed by atoms with Crippen molar-refractivity contribution < 1.29 is 4.79 Å². The van der Waals surface area contributed by atoms with Crippen molar-refractivity contribution in [3.05, 3.63) is 29.8 Å². The summed E-state index contributed by atoms with van der Waals surface area (Å²) < 4.78 is 0. The number of benzene rings is 1. The van der Waals surface area contributed by atoms with E-state index in [0.29, 0.717) is 0 Å². The summed E-state index contributed by atoms with van der Waals surface area (Å²) in [6, 6.07) is 8.42. The number of hydrogen-bond donors (Lipinski definition) is 2. The van der Waals surface area contributed by atoms with Crippen molar-refractivity contribution in [3.8, 4) is 0 Å². The van der Waals surface area contributed by atoms with E-state index in [1.54, 1.807) is 0 Å². The molecular formula is C14H21N3O. The predicted molar refractivity (Wildman–Crippen MR) is 73.3 cm³/mol. The number of nitrogens with zero attached hydrogens (tertiary/aromatic N) is 1. The van der Waals surface area contributed by atoms with Gasteiger partial charge in [-0.1, -0.05) is 18.2 Å². The van der Waals surface area contributed by atoms with E-state index in [4.69, 9.17) is 5.73 Å². The second kappa shape index (κ2) is 5.87. The largest absolute Gasteiger partial charge is 0.371 e. The van der Waals surface area contributed by atoms with E-state index < -0.39 is 0 Å². The molecule has 0 aromatic heterocycles. The van der Waals surface area contributed by atoms with Gasteiger partial charge in [0.2, 0.25) is 5.91 Å². The van der Waals surface area contributed by atoms with Crippen LogP contribution in [0.1, 0.15) is 18.4 Å². The Morgan fingerprint density at radius 3 is 2.67 bits per heavy atom. The van der Waals surface area contributed by atoms with Crippen LogP contribution in [-0.4, -0.2) is 26.0 Å². The standard InChI is InChI=1S/C14H21N3O/c1-16-10-12-4-2-3-5-13(12)17-8-6-11(7-9-17)14(15)18/h2-5,11,16H,6-10H2,1H3,(H2,15,18). The number of carbonyl (C=O) groups is 1. The van der Waals surface area contributed by atoms with Crippen LogP contribution in [0.15, 0.2) is 24.3 Å².